The van der Waals surface area contributed by atoms with E-state index in [1.54, 1.807) is 0 Å². The van der Waals surface area contributed by atoms with Crippen LogP contribution in [0.25, 0.3) is 0 Å². The molecule has 0 aliphatic carbocycles. The maximum absolute atomic E-state index is 5.47. The summed E-state index contributed by atoms with van der Waals surface area (Å²) in [5, 5.41) is 3.33. The molecule has 1 N–H and O–H groups in total. The molecule has 0 radical (unpaired) electrons. The summed E-state index contributed by atoms with van der Waals surface area (Å²) >= 11 is 2.28. The highest BCUT2D eigenvalue weighted by molar-refractivity contribution is 14.1. The molecule has 1 fully saturated rings. The van der Waals surface area contributed by atoms with Gasteiger partial charge >= 0.3 is 0 Å². The van der Waals surface area contributed by atoms with Crippen molar-refractivity contribution in [3.8, 4) is 0 Å². The van der Waals surface area contributed by atoms with E-state index in [0.717, 1.165) is 26.2 Å². The summed E-state index contributed by atoms with van der Waals surface area (Å²) in [5.74, 6) is 0. The molecule has 0 aromatic rings. The maximum atomic E-state index is 5.47. The number of alkyl halides is 1. The molecule has 0 amide bonds. The van der Waals surface area contributed by atoms with E-state index < -0.39 is 0 Å². The molecular weight excluding hydrogens is 267 g/mol. The van der Waals surface area contributed by atoms with Gasteiger partial charge in [-0.2, -0.15) is 0 Å². The summed E-state index contributed by atoms with van der Waals surface area (Å²) in [4.78, 5) is 2.44. The third-order valence-electron chi connectivity index (χ3n) is 1.96. The van der Waals surface area contributed by atoms with Crippen LogP contribution in [-0.2, 0) is 4.74 Å². The highest BCUT2D eigenvalue weighted by Crippen LogP contribution is 2.00. The molecule has 0 saturated carbocycles. The Bertz CT molecular complexity index is 116. The van der Waals surface area contributed by atoms with Gasteiger partial charge in [-0.05, 0) is 6.92 Å². The van der Waals surface area contributed by atoms with Crippen LogP contribution in [0.2, 0.25) is 0 Å². The molecule has 1 unspecified atom stereocenters. The molecule has 4 heteroatoms. The highest BCUT2D eigenvalue weighted by Gasteiger charge is 2.08. The van der Waals surface area contributed by atoms with Crippen molar-refractivity contribution in [1.82, 2.24) is 10.2 Å². The largest absolute Gasteiger partial charge is 0.367 e. The molecular formula is C8H17IN2O. The van der Waals surface area contributed by atoms with E-state index >= 15 is 0 Å². The molecule has 1 atom stereocenters. The molecule has 1 aliphatic rings. The van der Waals surface area contributed by atoms with Gasteiger partial charge in [0.05, 0.1) is 6.61 Å². The SMILES string of the molecule is CC(I)OCCN1CCNCC1. The lowest BCUT2D eigenvalue weighted by molar-refractivity contribution is 0.0988. The second kappa shape index (κ2) is 6.12. The van der Waals surface area contributed by atoms with Gasteiger partial charge in [0.2, 0.25) is 0 Å². The predicted octanol–water partition coefficient (Wildman–Crippen LogP) is 0.689. The van der Waals surface area contributed by atoms with Gasteiger partial charge in [-0.15, -0.1) is 0 Å². The predicted molar refractivity (Wildman–Crippen MR) is 58.7 cm³/mol. The Morgan fingerprint density at radius 2 is 2.17 bits per heavy atom. The Kier molecular flexibility index (Phi) is 5.45. The van der Waals surface area contributed by atoms with Gasteiger partial charge in [0, 0.05) is 32.7 Å². The smallest absolute Gasteiger partial charge is 0.106 e. The Labute approximate surface area is 88.0 Å². The molecule has 3 nitrogen and oxygen atoms in total. The number of nitrogens with one attached hydrogen (secondary N) is 1. The molecule has 1 saturated heterocycles. The molecule has 1 rings (SSSR count). The van der Waals surface area contributed by atoms with E-state index in [2.05, 4.69) is 39.7 Å². The average Bonchev–Trinajstić information content (AvgIpc) is 2.05. The van der Waals surface area contributed by atoms with Crippen molar-refractivity contribution in [2.75, 3.05) is 39.3 Å². The van der Waals surface area contributed by atoms with E-state index in [1.165, 1.54) is 13.1 Å². The monoisotopic (exact) mass is 284 g/mol. The van der Waals surface area contributed by atoms with Crippen molar-refractivity contribution in [1.29, 1.82) is 0 Å². The van der Waals surface area contributed by atoms with Crippen molar-refractivity contribution in [2.24, 2.45) is 0 Å². The van der Waals surface area contributed by atoms with Crippen LogP contribution in [0, 0.1) is 0 Å². The molecule has 0 aromatic carbocycles. The van der Waals surface area contributed by atoms with Gasteiger partial charge in [0.1, 0.15) is 4.11 Å². The summed E-state index contributed by atoms with van der Waals surface area (Å²) in [5.41, 5.74) is 0. The normalized spacial score (nSPS) is 22.5. The first-order valence-corrected chi connectivity index (χ1v) is 5.72. The van der Waals surface area contributed by atoms with E-state index in [-0.39, 0.29) is 0 Å². The number of nitrogens with zero attached hydrogens (tertiary/aromatic N) is 1. The molecule has 0 bridgehead atoms. The van der Waals surface area contributed by atoms with Crippen LogP contribution in [0.15, 0.2) is 0 Å². The summed E-state index contributed by atoms with van der Waals surface area (Å²) in [6, 6.07) is 0. The van der Waals surface area contributed by atoms with Crippen LogP contribution in [0.4, 0.5) is 0 Å². The number of halogens is 1. The topological polar surface area (TPSA) is 24.5 Å². The Morgan fingerprint density at radius 3 is 2.75 bits per heavy atom. The van der Waals surface area contributed by atoms with Gasteiger partial charge in [-0.1, -0.05) is 22.6 Å². The standard InChI is InChI=1S/C8H17IN2O/c1-8(9)12-7-6-11-4-2-10-3-5-11/h8,10H,2-7H2,1H3. The van der Waals surface area contributed by atoms with Crippen LogP contribution in [-0.4, -0.2) is 48.3 Å². The molecule has 0 aromatic heterocycles. The van der Waals surface area contributed by atoms with Crippen molar-refractivity contribution in [2.45, 2.75) is 11.0 Å². The van der Waals surface area contributed by atoms with E-state index in [4.69, 9.17) is 4.74 Å². The lowest BCUT2D eigenvalue weighted by Gasteiger charge is -2.27. The number of ether oxygens (including phenoxy) is 1. The van der Waals surface area contributed by atoms with E-state index in [1.807, 2.05) is 0 Å². The summed E-state index contributed by atoms with van der Waals surface area (Å²) in [6.45, 7) is 8.59. The Balaban J connectivity index is 1.98. The Hall–Kier alpha value is 0.610. The lowest BCUT2D eigenvalue weighted by atomic mass is 10.4. The molecule has 1 aliphatic heterocycles. The van der Waals surface area contributed by atoms with E-state index in [0.29, 0.717) is 4.11 Å². The van der Waals surface area contributed by atoms with Gasteiger partial charge in [-0.3, -0.25) is 4.90 Å². The molecule has 72 valence electrons. The second-order valence-electron chi connectivity index (χ2n) is 3.01. The first-order valence-electron chi connectivity index (χ1n) is 4.48. The van der Waals surface area contributed by atoms with Gasteiger partial charge in [0.25, 0.3) is 0 Å². The fraction of sp³-hybridized carbons (Fsp3) is 1.00. The zero-order valence-corrected chi connectivity index (χ0v) is 9.71. The third-order valence-corrected chi connectivity index (χ3v) is 2.32. The van der Waals surface area contributed by atoms with Gasteiger partial charge in [-0.25, -0.2) is 0 Å². The molecule has 12 heavy (non-hydrogen) atoms. The van der Waals surface area contributed by atoms with Crippen molar-refractivity contribution >= 4 is 22.6 Å². The van der Waals surface area contributed by atoms with Crippen molar-refractivity contribution in [3.05, 3.63) is 0 Å². The molecule has 1 heterocycles. The van der Waals surface area contributed by atoms with Crippen molar-refractivity contribution in [3.63, 3.8) is 0 Å². The van der Waals surface area contributed by atoms with Crippen molar-refractivity contribution < 1.29 is 4.74 Å². The van der Waals surface area contributed by atoms with Crippen LogP contribution in [0.3, 0.4) is 0 Å². The van der Waals surface area contributed by atoms with Gasteiger partial charge in [0.15, 0.2) is 0 Å². The van der Waals surface area contributed by atoms with Crippen LogP contribution in [0.1, 0.15) is 6.92 Å². The summed E-state index contributed by atoms with van der Waals surface area (Å²) < 4.78 is 5.81. The summed E-state index contributed by atoms with van der Waals surface area (Å²) in [6.07, 6.45) is 0. The quantitative estimate of drug-likeness (QED) is 0.607. The van der Waals surface area contributed by atoms with Crippen LogP contribution < -0.4 is 5.32 Å². The minimum atomic E-state index is 0.338. The second-order valence-corrected chi connectivity index (χ2v) is 4.76. The number of hydrogen-bond acceptors (Lipinski definition) is 3. The van der Waals surface area contributed by atoms with Crippen LogP contribution >= 0.6 is 22.6 Å². The first kappa shape index (κ1) is 10.7. The average molecular weight is 284 g/mol. The third kappa shape index (κ3) is 4.59. The Morgan fingerprint density at radius 1 is 1.50 bits per heavy atom. The minimum Gasteiger partial charge on any atom is -0.367 e. The van der Waals surface area contributed by atoms with Crippen LogP contribution in [0.5, 0.6) is 0 Å². The highest BCUT2D eigenvalue weighted by atomic mass is 127. The first-order chi connectivity index (χ1) is 5.79. The lowest BCUT2D eigenvalue weighted by Crippen LogP contribution is -2.44. The number of piperazine rings is 1. The molecule has 0 spiro atoms. The zero-order valence-electron chi connectivity index (χ0n) is 7.55. The maximum Gasteiger partial charge on any atom is 0.106 e. The minimum absolute atomic E-state index is 0.338. The summed E-state index contributed by atoms with van der Waals surface area (Å²) in [7, 11) is 0. The number of rotatable bonds is 4. The fourth-order valence-electron chi connectivity index (χ4n) is 1.28. The number of hydrogen-bond donors (Lipinski definition) is 1. The zero-order chi connectivity index (χ0) is 8.81. The van der Waals surface area contributed by atoms with Gasteiger partial charge < -0.3 is 10.1 Å². The van der Waals surface area contributed by atoms with E-state index in [9.17, 15) is 0 Å². The fourth-order valence-corrected chi connectivity index (χ4v) is 1.53.